The molecule has 26 heavy (non-hydrogen) atoms. The minimum Gasteiger partial charge on any atom is -0.497 e. The van der Waals surface area contributed by atoms with Crippen LogP contribution in [0.4, 0.5) is 0 Å². The maximum atomic E-state index is 12.2. The smallest absolute Gasteiger partial charge is 0.338 e. The summed E-state index contributed by atoms with van der Waals surface area (Å²) in [5.41, 5.74) is 1.50. The van der Waals surface area contributed by atoms with Gasteiger partial charge in [-0.1, -0.05) is 38.9 Å². The van der Waals surface area contributed by atoms with Crippen molar-refractivity contribution in [2.24, 2.45) is 7.05 Å². The number of unbranched alkanes of at least 4 members (excludes halogenated alkanes) is 1. The molecule has 5 heteroatoms. The van der Waals surface area contributed by atoms with E-state index in [-0.39, 0.29) is 12.6 Å². The molecule has 0 N–H and O–H groups in total. The molecule has 140 valence electrons. The number of hydrogen-bond donors (Lipinski definition) is 0. The molecule has 0 spiro atoms. The fourth-order valence-corrected chi connectivity index (χ4v) is 4.67. The van der Waals surface area contributed by atoms with Crippen LogP contribution >= 0.6 is 0 Å². The molecule has 1 heterocycles. The zero-order valence-corrected chi connectivity index (χ0v) is 17.3. The molecule has 0 bridgehead atoms. The van der Waals surface area contributed by atoms with Crippen LogP contribution in [-0.2, 0) is 18.4 Å². The van der Waals surface area contributed by atoms with Crippen molar-refractivity contribution in [1.82, 2.24) is 0 Å². The molecule has 0 saturated heterocycles. The van der Waals surface area contributed by atoms with E-state index in [0.29, 0.717) is 5.56 Å². The van der Waals surface area contributed by atoms with Crippen LogP contribution in [0, 0.1) is 0 Å². The molecule has 2 rings (SSSR count). The maximum Gasteiger partial charge on any atom is 0.338 e. The standard InChI is InChI=1S/C21H30NO3Si/c1-5-6-14-26(3,4)17-25-20-11-9-19(10-12-20)21(23)24-16-18-8-7-13-22(2)15-18/h7-13,15H,5-6,14,16-17H2,1-4H3/q+1. The first kappa shape index (κ1) is 20.2. The van der Waals surface area contributed by atoms with Gasteiger partial charge in [-0.3, -0.25) is 0 Å². The van der Waals surface area contributed by atoms with E-state index in [0.717, 1.165) is 17.5 Å². The van der Waals surface area contributed by atoms with Gasteiger partial charge >= 0.3 is 5.97 Å². The van der Waals surface area contributed by atoms with Gasteiger partial charge in [-0.2, -0.15) is 0 Å². The van der Waals surface area contributed by atoms with E-state index < -0.39 is 8.07 Å². The number of esters is 1. The van der Waals surface area contributed by atoms with Gasteiger partial charge in [0.05, 0.1) is 25.4 Å². The summed E-state index contributed by atoms with van der Waals surface area (Å²) in [6.07, 6.45) is 7.19. The lowest BCUT2D eigenvalue weighted by Crippen LogP contribution is -2.34. The topological polar surface area (TPSA) is 39.4 Å². The quantitative estimate of drug-likeness (QED) is 0.374. The van der Waals surface area contributed by atoms with Gasteiger partial charge in [0.1, 0.15) is 19.4 Å². The Kier molecular flexibility index (Phi) is 7.39. The van der Waals surface area contributed by atoms with E-state index in [1.807, 2.05) is 48.3 Å². The molecule has 0 aliphatic carbocycles. The van der Waals surface area contributed by atoms with Crippen LogP contribution in [0.5, 0.6) is 5.75 Å². The van der Waals surface area contributed by atoms with Gasteiger partial charge in [0.2, 0.25) is 0 Å². The Bertz CT molecular complexity index is 713. The zero-order chi connectivity index (χ0) is 19.0. The van der Waals surface area contributed by atoms with E-state index in [1.54, 1.807) is 12.1 Å². The normalized spacial score (nSPS) is 11.2. The Labute approximate surface area is 157 Å². The molecule has 0 saturated carbocycles. The minimum atomic E-state index is -1.31. The predicted molar refractivity (Wildman–Crippen MR) is 106 cm³/mol. The fraction of sp³-hybridized carbons (Fsp3) is 0.429. The number of hydrogen-bond acceptors (Lipinski definition) is 3. The minimum absolute atomic E-state index is 0.267. The number of aromatic nitrogens is 1. The summed E-state index contributed by atoms with van der Waals surface area (Å²) < 4.78 is 13.3. The van der Waals surface area contributed by atoms with Gasteiger partial charge in [-0.05, 0) is 30.3 Å². The first-order valence-electron chi connectivity index (χ1n) is 9.24. The van der Waals surface area contributed by atoms with E-state index in [9.17, 15) is 4.79 Å². The van der Waals surface area contributed by atoms with Gasteiger partial charge in [-0.15, -0.1) is 0 Å². The van der Waals surface area contributed by atoms with Crippen LogP contribution < -0.4 is 9.30 Å². The third-order valence-corrected chi connectivity index (χ3v) is 6.93. The Balaban J connectivity index is 1.85. The van der Waals surface area contributed by atoms with Crippen molar-refractivity contribution in [2.45, 2.75) is 45.5 Å². The van der Waals surface area contributed by atoms with Crippen molar-refractivity contribution < 1.29 is 18.8 Å². The molecule has 0 amide bonds. The Morgan fingerprint density at radius 1 is 1.15 bits per heavy atom. The number of pyridine rings is 1. The van der Waals surface area contributed by atoms with Crippen molar-refractivity contribution in [3.05, 3.63) is 59.9 Å². The monoisotopic (exact) mass is 372 g/mol. The third kappa shape index (κ3) is 6.63. The summed E-state index contributed by atoms with van der Waals surface area (Å²) in [7, 11) is 0.628. The van der Waals surface area contributed by atoms with Crippen LogP contribution in [-0.4, -0.2) is 20.3 Å². The van der Waals surface area contributed by atoms with Gasteiger partial charge < -0.3 is 9.47 Å². The summed E-state index contributed by atoms with van der Waals surface area (Å²) in [6.45, 7) is 7.21. The highest BCUT2D eigenvalue weighted by molar-refractivity contribution is 6.77. The van der Waals surface area contributed by atoms with Crippen molar-refractivity contribution >= 4 is 14.0 Å². The Morgan fingerprint density at radius 3 is 2.54 bits per heavy atom. The van der Waals surface area contributed by atoms with Gasteiger partial charge in [-0.25, -0.2) is 9.36 Å². The summed E-state index contributed by atoms with van der Waals surface area (Å²) in [5.74, 6) is 0.495. The molecule has 0 atom stereocenters. The highest BCUT2D eigenvalue weighted by Crippen LogP contribution is 2.18. The molecule has 0 unspecified atom stereocenters. The molecule has 0 fully saturated rings. The number of carbonyl (C=O) groups excluding carboxylic acids is 1. The van der Waals surface area contributed by atoms with Crippen molar-refractivity contribution in [2.75, 3.05) is 6.23 Å². The second-order valence-corrected chi connectivity index (χ2v) is 12.7. The Hall–Kier alpha value is -2.14. The Morgan fingerprint density at radius 2 is 1.88 bits per heavy atom. The second-order valence-electron chi connectivity index (χ2n) is 7.53. The molecule has 0 radical (unpaired) electrons. The molecule has 0 aliphatic heterocycles. The summed E-state index contributed by atoms with van der Waals surface area (Å²) in [6, 6.07) is 12.4. The first-order valence-corrected chi connectivity index (χ1v) is 12.7. The largest absolute Gasteiger partial charge is 0.497 e. The average Bonchev–Trinajstić information content (AvgIpc) is 2.63. The van der Waals surface area contributed by atoms with Gasteiger partial charge in [0.15, 0.2) is 12.4 Å². The first-order chi connectivity index (χ1) is 12.4. The molecule has 1 aromatic heterocycles. The van der Waals surface area contributed by atoms with Gasteiger partial charge in [0, 0.05) is 6.07 Å². The number of ether oxygens (including phenoxy) is 2. The van der Waals surface area contributed by atoms with Crippen molar-refractivity contribution in [3.63, 3.8) is 0 Å². The maximum absolute atomic E-state index is 12.2. The fourth-order valence-electron chi connectivity index (χ4n) is 2.66. The van der Waals surface area contributed by atoms with E-state index in [1.165, 1.54) is 18.9 Å². The lowest BCUT2D eigenvalue weighted by molar-refractivity contribution is -0.672. The van der Waals surface area contributed by atoms with Crippen LogP contribution in [0.25, 0.3) is 0 Å². The SMILES string of the molecule is CCCC[Si](C)(C)COc1ccc(C(=O)OCc2ccc[n+](C)c2)cc1. The summed E-state index contributed by atoms with van der Waals surface area (Å²) in [5, 5.41) is 0. The van der Waals surface area contributed by atoms with E-state index in [2.05, 4.69) is 20.0 Å². The molecule has 1 aromatic carbocycles. The molecular weight excluding hydrogens is 342 g/mol. The van der Waals surface area contributed by atoms with Crippen LogP contribution in [0.3, 0.4) is 0 Å². The third-order valence-electron chi connectivity index (χ3n) is 4.30. The lowest BCUT2D eigenvalue weighted by Gasteiger charge is -2.22. The van der Waals surface area contributed by atoms with E-state index in [4.69, 9.17) is 9.47 Å². The molecule has 4 nitrogen and oxygen atoms in total. The predicted octanol–water partition coefficient (Wildman–Crippen LogP) is 4.29. The average molecular weight is 373 g/mol. The summed E-state index contributed by atoms with van der Waals surface area (Å²) >= 11 is 0. The molecule has 0 aliphatic rings. The highest BCUT2D eigenvalue weighted by atomic mass is 28.3. The van der Waals surface area contributed by atoms with Crippen molar-refractivity contribution in [3.8, 4) is 5.75 Å². The lowest BCUT2D eigenvalue weighted by atomic mass is 10.2. The number of carbonyl (C=O) groups is 1. The van der Waals surface area contributed by atoms with Gasteiger partial charge in [0.25, 0.3) is 0 Å². The number of nitrogens with zero attached hydrogens (tertiary/aromatic N) is 1. The van der Waals surface area contributed by atoms with E-state index >= 15 is 0 Å². The zero-order valence-electron chi connectivity index (χ0n) is 16.3. The number of aryl methyl sites for hydroxylation is 1. The number of rotatable bonds is 9. The second kappa shape index (κ2) is 9.53. The van der Waals surface area contributed by atoms with Crippen LogP contribution in [0.15, 0.2) is 48.8 Å². The molecule has 2 aromatic rings. The van der Waals surface area contributed by atoms with Crippen LogP contribution in [0.1, 0.15) is 35.7 Å². The highest BCUT2D eigenvalue weighted by Gasteiger charge is 2.21. The summed E-state index contributed by atoms with van der Waals surface area (Å²) in [4.78, 5) is 12.2. The van der Waals surface area contributed by atoms with Crippen LogP contribution in [0.2, 0.25) is 19.1 Å². The van der Waals surface area contributed by atoms with Crippen molar-refractivity contribution in [1.29, 1.82) is 0 Å². The number of benzene rings is 1. The molecular formula is C21H30NO3Si+.